The van der Waals surface area contributed by atoms with Gasteiger partial charge >= 0.3 is 0 Å². The Hall–Kier alpha value is -2.64. The van der Waals surface area contributed by atoms with Crippen molar-refractivity contribution in [3.63, 3.8) is 0 Å². The molecule has 0 radical (unpaired) electrons. The number of nitrogens with zero attached hydrogens (tertiary/aromatic N) is 3. The molecule has 2 aromatic rings. The van der Waals surface area contributed by atoms with Crippen molar-refractivity contribution in [3.8, 4) is 0 Å². The summed E-state index contributed by atoms with van der Waals surface area (Å²) in [7, 11) is 0. The van der Waals surface area contributed by atoms with Crippen molar-refractivity contribution < 1.29 is 14.0 Å². The van der Waals surface area contributed by atoms with E-state index >= 15 is 0 Å². The van der Waals surface area contributed by atoms with Crippen molar-refractivity contribution in [1.29, 1.82) is 0 Å². The number of furan rings is 1. The molecule has 4 rings (SSSR count). The van der Waals surface area contributed by atoms with E-state index in [1.54, 1.807) is 31.4 Å². The van der Waals surface area contributed by atoms with E-state index in [0.717, 1.165) is 17.7 Å². The highest BCUT2D eigenvalue weighted by atomic mass is 35.5. The highest BCUT2D eigenvalue weighted by Crippen LogP contribution is 2.34. The molecule has 3 heterocycles. The highest BCUT2D eigenvalue weighted by Gasteiger charge is 2.41. The first-order valence-corrected chi connectivity index (χ1v) is 10.1. The van der Waals surface area contributed by atoms with Crippen molar-refractivity contribution in [1.82, 2.24) is 9.91 Å². The summed E-state index contributed by atoms with van der Waals surface area (Å²) in [4.78, 5) is 27.1. The zero-order chi connectivity index (χ0) is 20.5. The average Bonchev–Trinajstić information content (AvgIpc) is 3.47. The van der Waals surface area contributed by atoms with Gasteiger partial charge in [0.2, 0.25) is 5.91 Å². The summed E-state index contributed by atoms with van der Waals surface area (Å²) in [6.45, 7) is 2.46. The van der Waals surface area contributed by atoms with Gasteiger partial charge in [0.05, 0.1) is 24.1 Å². The van der Waals surface area contributed by atoms with E-state index in [-0.39, 0.29) is 11.9 Å². The Kier molecular flexibility index (Phi) is 5.43. The molecule has 0 aliphatic carbocycles. The lowest BCUT2D eigenvalue weighted by molar-refractivity contribution is -0.140. The Bertz CT molecular complexity index is 926. The summed E-state index contributed by atoms with van der Waals surface area (Å²) in [5.74, 6) is 0.103. The largest absolute Gasteiger partial charge is 0.467 e. The maximum absolute atomic E-state index is 13.4. The molecular weight excluding hydrogens is 392 g/mol. The van der Waals surface area contributed by atoms with Gasteiger partial charge in [0.25, 0.3) is 5.91 Å². The SMILES string of the molecule is CC(C(=O)N1N=C(c2ccc(Cl)cc2)CC1c1ccco1)N1CCCC1C(N)=O. The van der Waals surface area contributed by atoms with Crippen molar-refractivity contribution in [2.45, 2.75) is 44.3 Å². The molecule has 7 nitrogen and oxygen atoms in total. The molecule has 1 saturated heterocycles. The van der Waals surface area contributed by atoms with Crippen LogP contribution in [0.4, 0.5) is 0 Å². The second-order valence-electron chi connectivity index (χ2n) is 7.45. The molecule has 2 N–H and O–H groups in total. The van der Waals surface area contributed by atoms with Gasteiger partial charge in [-0.05, 0) is 56.1 Å². The number of halogens is 1. The number of hydrogen-bond acceptors (Lipinski definition) is 5. The number of benzene rings is 1. The first-order valence-electron chi connectivity index (χ1n) is 9.70. The number of primary amides is 1. The minimum atomic E-state index is -0.513. The van der Waals surface area contributed by atoms with Gasteiger partial charge in [-0.3, -0.25) is 14.5 Å². The minimum Gasteiger partial charge on any atom is -0.467 e. The van der Waals surface area contributed by atoms with E-state index in [1.165, 1.54) is 5.01 Å². The standard InChI is InChI=1S/C21H23ClN4O3/c1-13(25-10-2-4-17(25)20(23)27)21(28)26-18(19-5-3-11-29-19)12-16(24-26)14-6-8-15(22)9-7-14/h3,5-9,11,13,17-18H,2,4,10,12H2,1H3,(H2,23,27). The monoisotopic (exact) mass is 414 g/mol. The van der Waals surface area contributed by atoms with Crippen LogP contribution in [0.1, 0.15) is 43.6 Å². The second kappa shape index (κ2) is 8.00. The fraction of sp³-hybridized carbons (Fsp3) is 0.381. The number of nitrogens with two attached hydrogens (primary N) is 1. The molecule has 8 heteroatoms. The highest BCUT2D eigenvalue weighted by molar-refractivity contribution is 6.30. The molecule has 152 valence electrons. The topological polar surface area (TPSA) is 92.1 Å². The smallest absolute Gasteiger partial charge is 0.260 e. The number of hydrogen-bond donors (Lipinski definition) is 1. The lowest BCUT2D eigenvalue weighted by Gasteiger charge is -2.31. The van der Waals surface area contributed by atoms with E-state index in [9.17, 15) is 9.59 Å². The Balaban J connectivity index is 1.63. The number of amides is 2. The fourth-order valence-corrected chi connectivity index (χ4v) is 4.25. The quantitative estimate of drug-likeness (QED) is 0.814. The van der Waals surface area contributed by atoms with Crippen LogP contribution >= 0.6 is 11.6 Å². The summed E-state index contributed by atoms with van der Waals surface area (Å²) < 4.78 is 5.59. The van der Waals surface area contributed by atoms with Gasteiger partial charge in [0.15, 0.2) is 0 Å². The van der Waals surface area contributed by atoms with Crippen molar-refractivity contribution in [2.75, 3.05) is 6.54 Å². The van der Waals surface area contributed by atoms with Gasteiger partial charge < -0.3 is 10.2 Å². The summed E-state index contributed by atoms with van der Waals surface area (Å²) in [6.07, 6.45) is 3.64. The van der Waals surface area contributed by atoms with Gasteiger partial charge in [0, 0.05) is 11.4 Å². The molecule has 2 aliphatic heterocycles. The Labute approximate surface area is 174 Å². The predicted molar refractivity (Wildman–Crippen MR) is 109 cm³/mol. The van der Waals surface area contributed by atoms with E-state index in [1.807, 2.05) is 23.1 Å². The van der Waals surface area contributed by atoms with Gasteiger partial charge in [-0.25, -0.2) is 5.01 Å². The summed E-state index contributed by atoms with van der Waals surface area (Å²) in [6, 6.07) is 9.76. The van der Waals surface area contributed by atoms with Gasteiger partial charge in [-0.15, -0.1) is 0 Å². The van der Waals surface area contributed by atoms with Crippen LogP contribution in [0, 0.1) is 0 Å². The third-order valence-corrected chi connectivity index (χ3v) is 5.91. The van der Waals surface area contributed by atoms with Crippen LogP contribution in [-0.4, -0.2) is 46.1 Å². The van der Waals surface area contributed by atoms with Crippen molar-refractivity contribution >= 4 is 29.1 Å². The number of likely N-dealkylation sites (tertiary alicyclic amines) is 1. The minimum absolute atomic E-state index is 0.177. The van der Waals surface area contributed by atoms with Crippen LogP contribution in [0.5, 0.6) is 0 Å². The number of carbonyl (C=O) groups is 2. The van der Waals surface area contributed by atoms with Gasteiger partial charge in [-0.2, -0.15) is 5.10 Å². The van der Waals surface area contributed by atoms with Crippen LogP contribution < -0.4 is 5.73 Å². The van der Waals surface area contributed by atoms with Gasteiger partial charge in [-0.1, -0.05) is 23.7 Å². The van der Waals surface area contributed by atoms with E-state index in [2.05, 4.69) is 5.10 Å². The lowest BCUT2D eigenvalue weighted by atomic mass is 10.0. The zero-order valence-electron chi connectivity index (χ0n) is 16.1. The number of rotatable bonds is 5. The van der Waals surface area contributed by atoms with Crippen LogP contribution in [-0.2, 0) is 9.59 Å². The summed E-state index contributed by atoms with van der Waals surface area (Å²) in [5, 5.41) is 6.77. The molecule has 3 unspecified atom stereocenters. The van der Waals surface area contributed by atoms with Crippen molar-refractivity contribution in [3.05, 3.63) is 59.0 Å². The Morgan fingerprint density at radius 2 is 2.03 bits per heavy atom. The van der Waals surface area contributed by atoms with Crippen LogP contribution in [0.15, 0.2) is 52.2 Å². The van der Waals surface area contributed by atoms with Crippen LogP contribution in [0.3, 0.4) is 0 Å². The molecule has 29 heavy (non-hydrogen) atoms. The Morgan fingerprint density at radius 3 is 2.69 bits per heavy atom. The molecule has 1 aromatic carbocycles. The molecular formula is C21H23ClN4O3. The molecule has 0 saturated carbocycles. The van der Waals surface area contributed by atoms with E-state index in [4.69, 9.17) is 21.8 Å². The molecule has 1 aromatic heterocycles. The van der Waals surface area contributed by atoms with Crippen molar-refractivity contribution in [2.24, 2.45) is 10.8 Å². The number of hydrazone groups is 1. The average molecular weight is 415 g/mol. The van der Waals surface area contributed by atoms with E-state index < -0.39 is 18.0 Å². The maximum atomic E-state index is 13.4. The zero-order valence-corrected chi connectivity index (χ0v) is 16.9. The van der Waals surface area contributed by atoms with Gasteiger partial charge in [0.1, 0.15) is 11.8 Å². The fourth-order valence-electron chi connectivity index (χ4n) is 4.12. The normalized spacial score (nSPS) is 23.2. The second-order valence-corrected chi connectivity index (χ2v) is 7.88. The molecule has 2 amide bonds. The molecule has 3 atom stereocenters. The molecule has 0 bridgehead atoms. The van der Waals surface area contributed by atoms with E-state index in [0.29, 0.717) is 30.2 Å². The molecule has 1 fully saturated rings. The Morgan fingerprint density at radius 1 is 1.28 bits per heavy atom. The third kappa shape index (κ3) is 3.80. The summed E-state index contributed by atoms with van der Waals surface area (Å²) >= 11 is 6.00. The molecule has 2 aliphatic rings. The summed E-state index contributed by atoms with van der Waals surface area (Å²) in [5.41, 5.74) is 7.23. The van der Waals surface area contributed by atoms with Crippen LogP contribution in [0.2, 0.25) is 5.02 Å². The lowest BCUT2D eigenvalue weighted by Crippen LogP contribution is -2.51. The van der Waals surface area contributed by atoms with Crippen LogP contribution in [0.25, 0.3) is 0 Å². The first-order chi connectivity index (χ1) is 14.0. The molecule has 0 spiro atoms. The number of carbonyl (C=O) groups excluding carboxylic acids is 2. The first kappa shape index (κ1) is 19.7. The predicted octanol–water partition coefficient (Wildman–Crippen LogP) is 2.95. The third-order valence-electron chi connectivity index (χ3n) is 5.66. The maximum Gasteiger partial charge on any atom is 0.260 e.